The van der Waals surface area contributed by atoms with Gasteiger partial charge in [-0.2, -0.15) is 0 Å². The van der Waals surface area contributed by atoms with Gasteiger partial charge in [-0.1, -0.05) is 6.07 Å². The number of hydrogen-bond acceptors (Lipinski definition) is 3. The highest BCUT2D eigenvalue weighted by Gasteiger charge is 2.01. The summed E-state index contributed by atoms with van der Waals surface area (Å²) < 4.78 is 1.69. The summed E-state index contributed by atoms with van der Waals surface area (Å²) in [5.74, 6) is -0.840. The van der Waals surface area contributed by atoms with Gasteiger partial charge in [0, 0.05) is 6.20 Å². The summed E-state index contributed by atoms with van der Waals surface area (Å²) in [5.41, 5.74) is 1.45. The van der Waals surface area contributed by atoms with Gasteiger partial charge < -0.3 is 5.11 Å². The monoisotopic (exact) mass is 177 g/mol. The number of aliphatic carboxylic acids is 1. The van der Waals surface area contributed by atoms with E-state index in [0.717, 1.165) is 5.56 Å². The maximum Gasteiger partial charge on any atom is 0.307 e. The molecule has 0 atom stereocenters. The summed E-state index contributed by atoms with van der Waals surface area (Å²) in [7, 11) is 0. The van der Waals surface area contributed by atoms with Gasteiger partial charge >= 0.3 is 5.97 Å². The molecule has 5 heteroatoms. The third-order valence-electron chi connectivity index (χ3n) is 1.71. The molecule has 0 aromatic carbocycles. The molecule has 13 heavy (non-hydrogen) atoms. The van der Waals surface area contributed by atoms with E-state index in [1.165, 1.54) is 0 Å². The average molecular weight is 177 g/mol. The molecule has 0 saturated heterocycles. The van der Waals surface area contributed by atoms with Crippen LogP contribution in [0.1, 0.15) is 5.56 Å². The highest BCUT2D eigenvalue weighted by Crippen LogP contribution is 2.03. The molecule has 0 amide bonds. The predicted octanol–water partition coefficient (Wildman–Crippen LogP) is 0.356. The van der Waals surface area contributed by atoms with Crippen molar-refractivity contribution in [3.63, 3.8) is 0 Å². The summed E-state index contributed by atoms with van der Waals surface area (Å²) >= 11 is 0. The number of fused-ring (bicyclic) bond motifs is 1. The van der Waals surface area contributed by atoms with E-state index in [2.05, 4.69) is 10.2 Å². The highest BCUT2D eigenvalue weighted by molar-refractivity contribution is 5.70. The number of nitrogens with zero attached hydrogens (tertiary/aromatic N) is 3. The number of aromatic nitrogens is 3. The van der Waals surface area contributed by atoms with Crippen molar-refractivity contribution in [1.82, 2.24) is 14.6 Å². The number of pyridine rings is 1. The first-order valence-electron chi connectivity index (χ1n) is 3.76. The second-order valence-corrected chi connectivity index (χ2v) is 2.70. The molecule has 0 bridgehead atoms. The van der Waals surface area contributed by atoms with Crippen LogP contribution >= 0.6 is 0 Å². The third-order valence-corrected chi connectivity index (χ3v) is 1.71. The lowest BCUT2D eigenvalue weighted by Gasteiger charge is -1.96. The van der Waals surface area contributed by atoms with Gasteiger partial charge in [-0.15, -0.1) is 10.2 Å². The molecule has 66 valence electrons. The fourth-order valence-electron chi connectivity index (χ4n) is 1.15. The van der Waals surface area contributed by atoms with E-state index in [1.807, 2.05) is 0 Å². The molecule has 2 rings (SSSR count). The Balaban J connectivity index is 2.42. The van der Waals surface area contributed by atoms with E-state index in [-0.39, 0.29) is 6.42 Å². The number of hydrogen-bond donors (Lipinski definition) is 1. The van der Waals surface area contributed by atoms with Crippen LogP contribution in [0.4, 0.5) is 0 Å². The van der Waals surface area contributed by atoms with E-state index in [0.29, 0.717) is 5.65 Å². The molecule has 5 nitrogen and oxygen atoms in total. The Labute approximate surface area is 73.6 Å². The Kier molecular flexibility index (Phi) is 1.70. The van der Waals surface area contributed by atoms with Gasteiger partial charge in [0.15, 0.2) is 5.65 Å². The smallest absolute Gasteiger partial charge is 0.307 e. The average Bonchev–Trinajstić information content (AvgIpc) is 2.49. The fraction of sp³-hybridized carbons (Fsp3) is 0.125. The normalized spacial score (nSPS) is 10.5. The van der Waals surface area contributed by atoms with Gasteiger partial charge in [0.25, 0.3) is 0 Å². The molecule has 1 N–H and O–H groups in total. The first-order chi connectivity index (χ1) is 6.25. The Morgan fingerprint density at radius 2 is 2.38 bits per heavy atom. The van der Waals surface area contributed by atoms with Crippen LogP contribution in [0.15, 0.2) is 24.7 Å². The van der Waals surface area contributed by atoms with E-state index >= 15 is 0 Å². The summed E-state index contributed by atoms with van der Waals surface area (Å²) in [6, 6.07) is 3.48. The van der Waals surface area contributed by atoms with E-state index in [9.17, 15) is 4.79 Å². The van der Waals surface area contributed by atoms with Gasteiger partial charge in [0.1, 0.15) is 6.33 Å². The van der Waals surface area contributed by atoms with Crippen LogP contribution in [0, 0.1) is 0 Å². The molecule has 2 aromatic rings. The maximum absolute atomic E-state index is 10.4. The largest absolute Gasteiger partial charge is 0.481 e. The Hall–Kier alpha value is -1.91. The van der Waals surface area contributed by atoms with E-state index < -0.39 is 5.97 Å². The Morgan fingerprint density at radius 3 is 3.15 bits per heavy atom. The van der Waals surface area contributed by atoms with Crippen molar-refractivity contribution in [2.75, 3.05) is 0 Å². The predicted molar refractivity (Wildman–Crippen MR) is 44.3 cm³/mol. The van der Waals surface area contributed by atoms with Crippen LogP contribution < -0.4 is 0 Å². The zero-order chi connectivity index (χ0) is 9.26. The quantitative estimate of drug-likeness (QED) is 0.719. The van der Waals surface area contributed by atoms with Crippen LogP contribution in [0.25, 0.3) is 5.65 Å². The topological polar surface area (TPSA) is 67.5 Å². The zero-order valence-electron chi connectivity index (χ0n) is 6.71. The lowest BCUT2D eigenvalue weighted by atomic mass is 10.2. The molecule has 0 aliphatic rings. The van der Waals surface area contributed by atoms with Crippen molar-refractivity contribution in [2.45, 2.75) is 6.42 Å². The number of carboxylic acid groups (broad SMARTS) is 1. The van der Waals surface area contributed by atoms with Gasteiger partial charge in [-0.05, 0) is 11.6 Å². The Morgan fingerprint density at radius 1 is 1.54 bits per heavy atom. The van der Waals surface area contributed by atoms with Crippen LogP contribution in [-0.4, -0.2) is 25.7 Å². The molecule has 0 fully saturated rings. The number of rotatable bonds is 2. The lowest BCUT2D eigenvalue weighted by Crippen LogP contribution is -2.00. The van der Waals surface area contributed by atoms with Crippen molar-refractivity contribution in [3.05, 3.63) is 30.2 Å². The van der Waals surface area contributed by atoms with Gasteiger partial charge in [-0.3, -0.25) is 9.20 Å². The molecule has 2 heterocycles. The number of carboxylic acids is 1. The summed E-state index contributed by atoms with van der Waals surface area (Å²) in [5, 5.41) is 16.0. The molecular formula is C8H7N3O2. The second-order valence-electron chi connectivity index (χ2n) is 2.70. The standard InChI is InChI=1S/C8H7N3O2/c12-8(13)3-6-1-2-7-10-9-5-11(7)4-6/h1-2,4-5H,3H2,(H,12,13). The second kappa shape index (κ2) is 2.85. The molecule has 0 unspecified atom stereocenters. The van der Waals surface area contributed by atoms with Crippen molar-refractivity contribution >= 4 is 11.6 Å². The molecule has 0 aliphatic heterocycles. The minimum atomic E-state index is -0.840. The van der Waals surface area contributed by atoms with Gasteiger partial charge in [-0.25, -0.2) is 0 Å². The van der Waals surface area contributed by atoms with Crippen molar-refractivity contribution in [2.24, 2.45) is 0 Å². The van der Waals surface area contributed by atoms with Crippen LogP contribution in [0.3, 0.4) is 0 Å². The van der Waals surface area contributed by atoms with Gasteiger partial charge in [0.05, 0.1) is 6.42 Å². The zero-order valence-corrected chi connectivity index (χ0v) is 6.71. The maximum atomic E-state index is 10.4. The Bertz CT molecular complexity index is 449. The summed E-state index contributed by atoms with van der Waals surface area (Å²) in [6.45, 7) is 0. The highest BCUT2D eigenvalue weighted by atomic mass is 16.4. The molecule has 0 spiro atoms. The minimum Gasteiger partial charge on any atom is -0.481 e. The lowest BCUT2D eigenvalue weighted by molar-refractivity contribution is -0.136. The first-order valence-corrected chi connectivity index (χ1v) is 3.76. The third kappa shape index (κ3) is 1.48. The SMILES string of the molecule is O=C(O)Cc1ccc2nncn2c1. The van der Waals surface area contributed by atoms with E-state index in [1.54, 1.807) is 29.1 Å². The fourth-order valence-corrected chi connectivity index (χ4v) is 1.15. The summed E-state index contributed by atoms with van der Waals surface area (Å²) in [6.07, 6.45) is 3.28. The molecule has 2 aromatic heterocycles. The summed E-state index contributed by atoms with van der Waals surface area (Å²) in [4.78, 5) is 10.4. The molecule has 0 aliphatic carbocycles. The minimum absolute atomic E-state index is 0.0219. The van der Waals surface area contributed by atoms with E-state index in [4.69, 9.17) is 5.11 Å². The molecule has 0 radical (unpaired) electrons. The van der Waals surface area contributed by atoms with Crippen LogP contribution in [-0.2, 0) is 11.2 Å². The van der Waals surface area contributed by atoms with Crippen molar-refractivity contribution < 1.29 is 9.90 Å². The molecule has 0 saturated carbocycles. The van der Waals surface area contributed by atoms with Crippen LogP contribution in [0.2, 0.25) is 0 Å². The van der Waals surface area contributed by atoms with Crippen LogP contribution in [0.5, 0.6) is 0 Å². The van der Waals surface area contributed by atoms with Gasteiger partial charge in [0.2, 0.25) is 0 Å². The van der Waals surface area contributed by atoms with Crippen molar-refractivity contribution in [3.8, 4) is 0 Å². The first kappa shape index (κ1) is 7.72. The number of carbonyl (C=O) groups is 1. The van der Waals surface area contributed by atoms with Crippen molar-refractivity contribution in [1.29, 1.82) is 0 Å². The molecular weight excluding hydrogens is 170 g/mol.